The first kappa shape index (κ1) is 15.4. The van der Waals surface area contributed by atoms with Gasteiger partial charge in [-0.25, -0.2) is 0 Å². The van der Waals surface area contributed by atoms with E-state index in [1.807, 2.05) is 0 Å². The van der Waals surface area contributed by atoms with Crippen molar-refractivity contribution in [2.75, 3.05) is 26.5 Å². The van der Waals surface area contributed by atoms with Crippen LogP contribution in [-0.2, 0) is 6.54 Å². The van der Waals surface area contributed by atoms with Gasteiger partial charge in [-0.3, -0.25) is 0 Å². The normalized spacial score (nSPS) is 11.3. The molecule has 0 spiro atoms. The molecule has 1 rings (SSSR count). The highest BCUT2D eigenvalue weighted by Gasteiger charge is 2.12. The van der Waals surface area contributed by atoms with Crippen LogP contribution in [0.4, 0.5) is 0 Å². The lowest BCUT2D eigenvalue weighted by atomic mass is 9.96. The quantitative estimate of drug-likeness (QED) is 0.792. The maximum atomic E-state index is 5.47. The number of rotatable bonds is 6. The van der Waals surface area contributed by atoms with E-state index in [9.17, 15) is 0 Å². The van der Waals surface area contributed by atoms with Crippen LogP contribution in [0.5, 0.6) is 5.75 Å². The van der Waals surface area contributed by atoms with Gasteiger partial charge in [0.1, 0.15) is 5.75 Å². The van der Waals surface area contributed by atoms with Crippen LogP contribution in [0.2, 0.25) is 0 Å². The molecule has 0 bridgehead atoms. The average molecular weight is 267 g/mol. The van der Waals surface area contributed by atoms with Crippen LogP contribution >= 0.6 is 12.6 Å². The van der Waals surface area contributed by atoms with E-state index >= 15 is 0 Å². The van der Waals surface area contributed by atoms with Gasteiger partial charge in [0.05, 0.1) is 7.11 Å². The number of hydrogen-bond acceptors (Lipinski definition) is 3. The minimum atomic E-state index is 0.481. The summed E-state index contributed by atoms with van der Waals surface area (Å²) in [6.45, 7) is 8.53. The number of hydrogen-bond donors (Lipinski definition) is 1. The lowest BCUT2D eigenvalue weighted by Gasteiger charge is -2.20. The Bertz CT molecular complexity index is 390. The molecule has 0 unspecified atom stereocenters. The van der Waals surface area contributed by atoms with Crippen LogP contribution in [0.3, 0.4) is 0 Å². The van der Waals surface area contributed by atoms with Crippen molar-refractivity contribution in [1.82, 2.24) is 4.90 Å². The number of ether oxygens (including phenoxy) is 1. The molecule has 0 saturated heterocycles. The Kier molecular flexibility index (Phi) is 6.03. The number of benzene rings is 1. The minimum absolute atomic E-state index is 0.481. The highest BCUT2D eigenvalue weighted by molar-refractivity contribution is 7.80. The van der Waals surface area contributed by atoms with E-state index in [1.54, 1.807) is 7.11 Å². The predicted molar refractivity (Wildman–Crippen MR) is 82.0 cm³/mol. The van der Waals surface area contributed by atoms with Crippen LogP contribution in [0.15, 0.2) is 12.1 Å². The monoisotopic (exact) mass is 267 g/mol. The fraction of sp³-hybridized carbons (Fsp3) is 0.600. The second kappa shape index (κ2) is 7.05. The van der Waals surface area contributed by atoms with Crippen LogP contribution in [-0.4, -0.2) is 31.4 Å². The Morgan fingerprint density at radius 3 is 2.50 bits per heavy atom. The zero-order chi connectivity index (χ0) is 13.7. The summed E-state index contributed by atoms with van der Waals surface area (Å²) in [5.74, 6) is 2.38. The molecule has 0 amide bonds. The summed E-state index contributed by atoms with van der Waals surface area (Å²) in [6, 6.07) is 4.44. The first-order valence-electron chi connectivity index (χ1n) is 6.46. The molecule has 0 N–H and O–H groups in total. The molecule has 0 fully saturated rings. The van der Waals surface area contributed by atoms with E-state index in [-0.39, 0.29) is 0 Å². The van der Waals surface area contributed by atoms with E-state index in [0.29, 0.717) is 5.92 Å². The van der Waals surface area contributed by atoms with E-state index < -0.39 is 0 Å². The second-order valence-corrected chi connectivity index (χ2v) is 5.58. The maximum Gasteiger partial charge on any atom is 0.122 e. The van der Waals surface area contributed by atoms with Crippen molar-refractivity contribution in [3.05, 3.63) is 28.8 Å². The topological polar surface area (TPSA) is 12.5 Å². The Balaban J connectivity index is 3.01. The Hall–Kier alpha value is -0.670. The fourth-order valence-corrected chi connectivity index (χ4v) is 2.43. The molecular weight excluding hydrogens is 242 g/mol. The van der Waals surface area contributed by atoms with Gasteiger partial charge >= 0.3 is 0 Å². The number of thiol groups is 1. The fourth-order valence-electron chi connectivity index (χ4n) is 2.08. The van der Waals surface area contributed by atoms with Crippen molar-refractivity contribution < 1.29 is 4.74 Å². The summed E-state index contributed by atoms with van der Waals surface area (Å²) in [4.78, 5) is 2.30. The van der Waals surface area contributed by atoms with Crippen molar-refractivity contribution in [2.45, 2.75) is 33.2 Å². The van der Waals surface area contributed by atoms with Gasteiger partial charge in [0.15, 0.2) is 0 Å². The molecule has 102 valence electrons. The van der Waals surface area contributed by atoms with Crippen molar-refractivity contribution in [1.29, 1.82) is 0 Å². The summed E-state index contributed by atoms with van der Waals surface area (Å²) in [5, 5.41) is 0. The van der Waals surface area contributed by atoms with Crippen LogP contribution in [0.1, 0.15) is 36.5 Å². The van der Waals surface area contributed by atoms with Gasteiger partial charge in [0, 0.05) is 18.8 Å². The zero-order valence-electron chi connectivity index (χ0n) is 12.2. The molecule has 0 atom stereocenters. The third-order valence-corrected chi connectivity index (χ3v) is 3.43. The van der Waals surface area contributed by atoms with Crippen LogP contribution in [0, 0.1) is 6.92 Å². The van der Waals surface area contributed by atoms with Crippen LogP contribution in [0.25, 0.3) is 0 Å². The van der Waals surface area contributed by atoms with Gasteiger partial charge in [-0.05, 0) is 42.6 Å². The van der Waals surface area contributed by atoms with Crippen molar-refractivity contribution >= 4 is 12.6 Å². The summed E-state index contributed by atoms with van der Waals surface area (Å²) >= 11 is 4.27. The number of aryl methyl sites for hydroxylation is 1. The molecular formula is C15H25NOS. The van der Waals surface area contributed by atoms with Gasteiger partial charge in [-0.1, -0.05) is 19.9 Å². The Morgan fingerprint density at radius 2 is 2.00 bits per heavy atom. The highest BCUT2D eigenvalue weighted by Crippen LogP contribution is 2.30. The van der Waals surface area contributed by atoms with Crippen LogP contribution < -0.4 is 4.74 Å². The van der Waals surface area contributed by atoms with Crippen molar-refractivity contribution in [3.8, 4) is 5.75 Å². The van der Waals surface area contributed by atoms with E-state index in [1.165, 1.54) is 16.7 Å². The van der Waals surface area contributed by atoms with Crippen molar-refractivity contribution in [2.24, 2.45) is 0 Å². The number of methoxy groups -OCH3 is 1. The molecule has 0 heterocycles. The molecule has 1 aromatic rings. The van der Waals surface area contributed by atoms with E-state index in [0.717, 1.165) is 24.6 Å². The lowest BCUT2D eigenvalue weighted by Crippen LogP contribution is -2.20. The van der Waals surface area contributed by atoms with Gasteiger partial charge in [0.2, 0.25) is 0 Å². The Morgan fingerprint density at radius 1 is 1.33 bits per heavy atom. The highest BCUT2D eigenvalue weighted by atomic mass is 32.1. The molecule has 0 aromatic heterocycles. The summed E-state index contributed by atoms with van der Waals surface area (Å²) in [6.07, 6.45) is 0. The lowest BCUT2D eigenvalue weighted by molar-refractivity contribution is 0.347. The maximum absolute atomic E-state index is 5.47. The molecule has 0 aliphatic rings. The smallest absolute Gasteiger partial charge is 0.122 e. The predicted octanol–water partition coefficient (Wildman–Crippen LogP) is 3.49. The third-order valence-electron chi connectivity index (χ3n) is 3.23. The van der Waals surface area contributed by atoms with Gasteiger partial charge in [-0.15, -0.1) is 0 Å². The first-order chi connectivity index (χ1) is 8.49. The molecule has 3 heteroatoms. The second-order valence-electron chi connectivity index (χ2n) is 5.14. The summed E-state index contributed by atoms with van der Waals surface area (Å²) in [5.41, 5.74) is 3.96. The first-order valence-corrected chi connectivity index (χ1v) is 7.09. The van der Waals surface area contributed by atoms with Crippen molar-refractivity contribution in [3.63, 3.8) is 0 Å². The van der Waals surface area contributed by atoms with Gasteiger partial charge < -0.3 is 9.64 Å². The molecule has 18 heavy (non-hydrogen) atoms. The Labute approximate surface area is 117 Å². The molecule has 0 aliphatic carbocycles. The standard InChI is InChI=1S/C15H25NOS/c1-11(2)14-9-13(10-16(4)6-7-18)12(3)8-15(14)17-5/h8-9,11,18H,6-7,10H2,1-5H3. The van der Waals surface area contributed by atoms with E-state index in [4.69, 9.17) is 4.74 Å². The summed E-state index contributed by atoms with van der Waals surface area (Å²) < 4.78 is 5.47. The number of nitrogens with zero attached hydrogens (tertiary/aromatic N) is 1. The average Bonchev–Trinajstić information content (AvgIpc) is 2.31. The minimum Gasteiger partial charge on any atom is -0.496 e. The zero-order valence-corrected chi connectivity index (χ0v) is 13.1. The van der Waals surface area contributed by atoms with Gasteiger partial charge in [0.25, 0.3) is 0 Å². The SMILES string of the molecule is COc1cc(C)c(CN(C)CCS)cc1C(C)C. The summed E-state index contributed by atoms with van der Waals surface area (Å²) in [7, 11) is 3.88. The van der Waals surface area contributed by atoms with Gasteiger partial charge in [-0.2, -0.15) is 12.6 Å². The third kappa shape index (κ3) is 3.92. The van der Waals surface area contributed by atoms with E-state index in [2.05, 4.69) is 57.5 Å². The molecule has 0 radical (unpaired) electrons. The molecule has 1 aromatic carbocycles. The molecule has 0 aliphatic heterocycles. The largest absolute Gasteiger partial charge is 0.496 e. The molecule has 2 nitrogen and oxygen atoms in total. The molecule has 0 saturated carbocycles.